The summed E-state index contributed by atoms with van der Waals surface area (Å²) in [7, 11) is 2.79. The molecule has 3 aromatic carbocycles. The van der Waals surface area contributed by atoms with Crippen LogP contribution in [0, 0.1) is 9.39 Å². The molecule has 14 heteroatoms. The number of aliphatic hydroxyl groups is 1. The van der Waals surface area contributed by atoms with Gasteiger partial charge in [0, 0.05) is 5.70 Å². The maximum absolute atomic E-state index is 13.2. The van der Waals surface area contributed by atoms with Crippen LogP contribution in [0.1, 0.15) is 36.6 Å². The van der Waals surface area contributed by atoms with E-state index in [1.165, 1.54) is 32.6 Å². The molecule has 0 saturated heterocycles. The third-order valence-electron chi connectivity index (χ3n) is 6.66. The number of hydrogen-bond donors (Lipinski definition) is 4. The van der Waals surface area contributed by atoms with Gasteiger partial charge in [-0.2, -0.15) is 5.10 Å². The van der Waals surface area contributed by atoms with Gasteiger partial charge in [0.1, 0.15) is 19.0 Å². The van der Waals surface area contributed by atoms with Crippen molar-refractivity contribution in [2.24, 2.45) is 5.10 Å². The normalized spacial score (nSPS) is 15.1. The molecule has 0 bridgehead atoms. The molecule has 12 nitrogen and oxygen atoms in total. The van der Waals surface area contributed by atoms with E-state index in [4.69, 9.17) is 23.7 Å². The number of halogens is 2. The first kappa shape index (κ1) is 34.3. The Kier molecular flexibility index (Phi) is 12.0. The Balaban J connectivity index is 1.38. The highest BCUT2D eigenvalue weighted by Gasteiger charge is 2.32. The standard InChI is InChI=1S/C32H34FIN4O8/c1-5-44-25-14-21(29-28(31(40)43-4)18(2)36-32(41)37-29)8-11-24(25)45-17-27(39)38-35-15-20-12-23(34)30(26(13-20)42-3)46-16-19-6-9-22(33)10-7-19/h6-15,27,29,38-39H,5,16-17H2,1-4H3,(H2,36,37,41)/b35-15-/t27-,29-/m1/s1. The van der Waals surface area contributed by atoms with Crippen molar-refractivity contribution in [3.63, 3.8) is 0 Å². The molecular weight excluding hydrogens is 714 g/mol. The van der Waals surface area contributed by atoms with Gasteiger partial charge >= 0.3 is 12.0 Å². The van der Waals surface area contributed by atoms with Crippen molar-refractivity contribution in [2.45, 2.75) is 32.7 Å². The summed E-state index contributed by atoms with van der Waals surface area (Å²) >= 11 is 2.12. The molecule has 1 aliphatic heterocycles. The number of aliphatic hydroxyl groups excluding tert-OH is 1. The van der Waals surface area contributed by atoms with Gasteiger partial charge in [-0.15, -0.1) is 0 Å². The van der Waals surface area contributed by atoms with Crippen LogP contribution in [0.4, 0.5) is 9.18 Å². The quantitative estimate of drug-likeness (QED) is 0.0614. The molecule has 1 heterocycles. The molecule has 2 atom stereocenters. The van der Waals surface area contributed by atoms with Gasteiger partial charge in [-0.05, 0) is 89.5 Å². The van der Waals surface area contributed by atoms with Crippen molar-refractivity contribution in [2.75, 3.05) is 27.4 Å². The Morgan fingerprint density at radius 1 is 1.09 bits per heavy atom. The van der Waals surface area contributed by atoms with Crippen molar-refractivity contribution >= 4 is 40.8 Å². The molecule has 0 aromatic heterocycles. The summed E-state index contributed by atoms with van der Waals surface area (Å²) < 4.78 is 41.9. The number of hydrogen-bond acceptors (Lipinski definition) is 10. The Labute approximate surface area is 279 Å². The van der Waals surface area contributed by atoms with Crippen LogP contribution in [-0.2, 0) is 16.1 Å². The van der Waals surface area contributed by atoms with Gasteiger partial charge in [0.25, 0.3) is 0 Å². The molecular formula is C32H34FIN4O8. The maximum atomic E-state index is 13.2. The predicted octanol–water partition coefficient (Wildman–Crippen LogP) is 4.54. The third kappa shape index (κ3) is 8.78. The van der Waals surface area contributed by atoms with Crippen molar-refractivity contribution in [3.8, 4) is 23.0 Å². The van der Waals surface area contributed by atoms with E-state index in [1.54, 1.807) is 50.2 Å². The van der Waals surface area contributed by atoms with E-state index in [-0.39, 0.29) is 24.6 Å². The molecule has 0 aliphatic carbocycles. The summed E-state index contributed by atoms with van der Waals surface area (Å²) in [5.41, 5.74) is 5.33. The number of nitrogens with zero attached hydrogens (tertiary/aromatic N) is 1. The number of methoxy groups -OCH3 is 2. The second-order valence-electron chi connectivity index (χ2n) is 9.86. The molecule has 4 rings (SSSR count). The first-order valence-electron chi connectivity index (χ1n) is 14.1. The minimum atomic E-state index is -1.18. The van der Waals surface area contributed by atoms with Gasteiger partial charge in [0.05, 0.1) is 42.2 Å². The van der Waals surface area contributed by atoms with Crippen LogP contribution in [0.15, 0.2) is 71.0 Å². The second-order valence-corrected chi connectivity index (χ2v) is 11.0. The van der Waals surface area contributed by atoms with E-state index < -0.39 is 24.3 Å². The van der Waals surface area contributed by atoms with Gasteiger partial charge in [0.15, 0.2) is 29.2 Å². The van der Waals surface area contributed by atoms with Gasteiger partial charge in [-0.3, -0.25) is 5.43 Å². The summed E-state index contributed by atoms with van der Waals surface area (Å²) in [4.78, 5) is 24.6. The number of esters is 1. The van der Waals surface area contributed by atoms with Crippen LogP contribution in [0.5, 0.6) is 23.0 Å². The van der Waals surface area contributed by atoms with Crippen LogP contribution in [0.3, 0.4) is 0 Å². The summed E-state index contributed by atoms with van der Waals surface area (Å²) in [6.07, 6.45) is 0.338. The fraction of sp³-hybridized carbons (Fsp3) is 0.281. The van der Waals surface area contributed by atoms with E-state index in [9.17, 15) is 19.1 Å². The lowest BCUT2D eigenvalue weighted by molar-refractivity contribution is -0.136. The average Bonchev–Trinajstić information content (AvgIpc) is 3.03. The number of urea groups is 1. The van der Waals surface area contributed by atoms with Crippen LogP contribution >= 0.6 is 22.6 Å². The van der Waals surface area contributed by atoms with Crippen molar-refractivity contribution in [1.82, 2.24) is 16.1 Å². The first-order valence-corrected chi connectivity index (χ1v) is 15.2. The fourth-order valence-electron chi connectivity index (χ4n) is 4.51. The van der Waals surface area contributed by atoms with Gasteiger partial charge in [-0.25, -0.2) is 14.0 Å². The molecule has 0 unspecified atom stereocenters. The van der Waals surface area contributed by atoms with Gasteiger partial charge in [0.2, 0.25) is 0 Å². The van der Waals surface area contributed by atoms with E-state index in [1.807, 2.05) is 6.07 Å². The highest BCUT2D eigenvalue weighted by atomic mass is 127. The van der Waals surface area contributed by atoms with Gasteiger partial charge in [-0.1, -0.05) is 18.2 Å². The van der Waals surface area contributed by atoms with Crippen molar-refractivity contribution < 1.29 is 42.8 Å². The number of ether oxygens (including phenoxy) is 5. The molecule has 4 N–H and O–H groups in total. The minimum absolute atomic E-state index is 0.176. The van der Waals surface area contributed by atoms with Crippen LogP contribution in [-0.4, -0.2) is 57.0 Å². The van der Waals surface area contributed by atoms with Crippen molar-refractivity contribution in [3.05, 3.63) is 91.9 Å². The summed E-state index contributed by atoms with van der Waals surface area (Å²) in [6.45, 7) is 3.80. The zero-order chi connectivity index (χ0) is 33.2. The second kappa shape index (κ2) is 16.1. The highest BCUT2D eigenvalue weighted by Crippen LogP contribution is 2.36. The summed E-state index contributed by atoms with van der Waals surface area (Å²) in [5, 5.41) is 19.9. The number of nitrogens with one attached hydrogen (secondary N) is 3. The number of allylic oxidation sites excluding steroid dienone is 1. The largest absolute Gasteiger partial charge is 0.493 e. The zero-order valence-corrected chi connectivity index (χ0v) is 27.7. The van der Waals surface area contributed by atoms with Crippen LogP contribution in [0.2, 0.25) is 0 Å². The molecule has 0 radical (unpaired) electrons. The van der Waals surface area contributed by atoms with Gasteiger partial charge < -0.3 is 39.4 Å². The zero-order valence-electron chi connectivity index (χ0n) is 25.6. The number of carbonyl (C=O) groups is 2. The molecule has 0 saturated carbocycles. The maximum Gasteiger partial charge on any atom is 0.337 e. The first-order chi connectivity index (χ1) is 22.1. The highest BCUT2D eigenvalue weighted by molar-refractivity contribution is 14.1. The molecule has 244 valence electrons. The van der Waals surface area contributed by atoms with E-state index in [2.05, 4.69) is 43.8 Å². The molecule has 1 aliphatic rings. The van der Waals surface area contributed by atoms with Crippen LogP contribution in [0.25, 0.3) is 0 Å². The number of benzene rings is 3. The monoisotopic (exact) mass is 748 g/mol. The Morgan fingerprint density at radius 3 is 2.54 bits per heavy atom. The topological polar surface area (TPSA) is 149 Å². The lowest BCUT2D eigenvalue weighted by atomic mass is 9.95. The molecule has 2 amide bonds. The predicted molar refractivity (Wildman–Crippen MR) is 175 cm³/mol. The fourth-order valence-corrected chi connectivity index (χ4v) is 5.29. The van der Waals surface area contributed by atoms with Crippen molar-refractivity contribution in [1.29, 1.82) is 0 Å². The molecule has 46 heavy (non-hydrogen) atoms. The van der Waals surface area contributed by atoms with Crippen LogP contribution < -0.4 is 35.0 Å². The number of amides is 2. The Morgan fingerprint density at radius 2 is 1.85 bits per heavy atom. The molecule has 0 fully saturated rings. The average molecular weight is 749 g/mol. The lowest BCUT2D eigenvalue weighted by Crippen LogP contribution is -2.45. The van der Waals surface area contributed by atoms with E-state index >= 15 is 0 Å². The number of carbonyl (C=O) groups excluding carboxylic acids is 2. The molecule has 0 spiro atoms. The smallest absolute Gasteiger partial charge is 0.337 e. The number of hydrazone groups is 1. The molecule has 3 aromatic rings. The third-order valence-corrected chi connectivity index (χ3v) is 7.46. The lowest BCUT2D eigenvalue weighted by Gasteiger charge is -2.28. The Bertz CT molecular complexity index is 1620. The van der Waals surface area contributed by atoms with E-state index in [0.29, 0.717) is 46.4 Å². The Hall–Kier alpha value is -4.57. The SMILES string of the molecule is CCOc1cc([C@H]2NC(=O)NC(C)=C2C(=O)OC)ccc1OC[C@@H](O)N/N=C\c1cc(I)c(OCc2ccc(F)cc2)c(OC)c1. The number of rotatable bonds is 14. The summed E-state index contributed by atoms with van der Waals surface area (Å²) in [5.74, 6) is 0.823. The summed E-state index contributed by atoms with van der Waals surface area (Å²) in [6, 6.07) is 13.4. The minimum Gasteiger partial charge on any atom is -0.493 e. The van der Waals surface area contributed by atoms with E-state index in [0.717, 1.165) is 9.13 Å².